The van der Waals surface area contributed by atoms with Crippen LogP contribution >= 0.6 is 0 Å². The van der Waals surface area contributed by atoms with Gasteiger partial charge >= 0.3 is 5.97 Å². The van der Waals surface area contributed by atoms with Gasteiger partial charge in [-0.25, -0.2) is 0 Å². The molecule has 0 aliphatic carbocycles. The van der Waals surface area contributed by atoms with Crippen molar-refractivity contribution in [1.82, 2.24) is 4.90 Å². The maximum atomic E-state index is 11.9. The van der Waals surface area contributed by atoms with Crippen LogP contribution in [0.5, 0.6) is 0 Å². The molecule has 0 atom stereocenters. The molecule has 0 aromatic rings. The van der Waals surface area contributed by atoms with Gasteiger partial charge in [-0.3, -0.25) is 9.69 Å². The Bertz CT molecular complexity index is 262. The van der Waals surface area contributed by atoms with Crippen molar-refractivity contribution in [3.05, 3.63) is 0 Å². The Morgan fingerprint density at radius 1 is 1.18 bits per heavy atom. The number of ether oxygens (including phenoxy) is 2. The molecule has 1 aliphatic heterocycles. The molecule has 1 heterocycles. The zero-order chi connectivity index (χ0) is 13.1. The van der Waals surface area contributed by atoms with Crippen molar-refractivity contribution in [3.63, 3.8) is 0 Å². The van der Waals surface area contributed by atoms with Gasteiger partial charge in [-0.2, -0.15) is 0 Å². The van der Waals surface area contributed by atoms with Crippen LogP contribution in [0, 0.1) is 5.41 Å². The molecule has 0 aromatic heterocycles. The van der Waals surface area contributed by atoms with Gasteiger partial charge in [0.1, 0.15) is 5.60 Å². The fourth-order valence-electron chi connectivity index (χ4n) is 1.73. The third kappa shape index (κ3) is 5.04. The third-order valence-electron chi connectivity index (χ3n) is 2.69. The van der Waals surface area contributed by atoms with Crippen LogP contribution in [0.2, 0.25) is 0 Å². The number of hydrogen-bond acceptors (Lipinski definition) is 4. The molecule has 1 saturated heterocycles. The van der Waals surface area contributed by atoms with Gasteiger partial charge in [0.25, 0.3) is 0 Å². The van der Waals surface area contributed by atoms with E-state index in [9.17, 15) is 4.79 Å². The van der Waals surface area contributed by atoms with Crippen molar-refractivity contribution in [2.45, 2.75) is 40.2 Å². The van der Waals surface area contributed by atoms with E-state index >= 15 is 0 Å². The van der Waals surface area contributed by atoms with Gasteiger partial charge in [0.15, 0.2) is 0 Å². The van der Waals surface area contributed by atoms with Gasteiger partial charge in [0.2, 0.25) is 0 Å². The lowest BCUT2D eigenvalue weighted by Crippen LogP contribution is -2.47. The van der Waals surface area contributed by atoms with Gasteiger partial charge in [-0.1, -0.05) is 0 Å². The molecule has 100 valence electrons. The van der Waals surface area contributed by atoms with Crippen molar-refractivity contribution in [1.29, 1.82) is 0 Å². The standard InChI is InChI=1S/C13H25NO3/c1-12(2,3)11(15)17-13(4,5)10-14-6-8-16-9-7-14/h6-10H2,1-5H3. The molecule has 1 rings (SSSR count). The van der Waals surface area contributed by atoms with E-state index in [2.05, 4.69) is 4.90 Å². The average molecular weight is 243 g/mol. The molecular formula is C13H25NO3. The normalized spacial score (nSPS) is 19.1. The van der Waals surface area contributed by atoms with E-state index in [1.807, 2.05) is 34.6 Å². The first-order valence-corrected chi connectivity index (χ1v) is 6.24. The first-order valence-electron chi connectivity index (χ1n) is 6.24. The fraction of sp³-hybridized carbons (Fsp3) is 0.923. The van der Waals surface area contributed by atoms with Crippen LogP contribution in [-0.2, 0) is 14.3 Å². The number of rotatable bonds is 3. The predicted octanol–water partition coefficient (Wildman–Crippen LogP) is 1.69. The molecular weight excluding hydrogens is 218 g/mol. The Morgan fingerprint density at radius 3 is 2.18 bits per heavy atom. The van der Waals surface area contributed by atoms with Crippen LogP contribution in [-0.4, -0.2) is 49.3 Å². The second-order valence-corrected chi connectivity index (χ2v) is 6.29. The summed E-state index contributed by atoms with van der Waals surface area (Å²) in [7, 11) is 0. The van der Waals surface area contributed by atoms with E-state index in [0.717, 1.165) is 32.8 Å². The highest BCUT2D eigenvalue weighted by Crippen LogP contribution is 2.21. The molecule has 17 heavy (non-hydrogen) atoms. The van der Waals surface area contributed by atoms with E-state index in [-0.39, 0.29) is 5.97 Å². The second-order valence-electron chi connectivity index (χ2n) is 6.29. The van der Waals surface area contributed by atoms with E-state index in [4.69, 9.17) is 9.47 Å². The topological polar surface area (TPSA) is 38.8 Å². The lowest BCUT2D eigenvalue weighted by molar-refractivity contribution is -0.168. The molecule has 4 nitrogen and oxygen atoms in total. The summed E-state index contributed by atoms with van der Waals surface area (Å²) in [6.45, 7) is 13.7. The minimum Gasteiger partial charge on any atom is -0.458 e. The summed E-state index contributed by atoms with van der Waals surface area (Å²) in [5, 5.41) is 0. The molecule has 4 heteroatoms. The summed E-state index contributed by atoms with van der Waals surface area (Å²) in [5.74, 6) is -0.143. The third-order valence-corrected chi connectivity index (χ3v) is 2.69. The highest BCUT2D eigenvalue weighted by Gasteiger charge is 2.32. The first kappa shape index (κ1) is 14.5. The molecule has 0 aromatic carbocycles. The van der Waals surface area contributed by atoms with Gasteiger partial charge in [0.05, 0.1) is 18.6 Å². The van der Waals surface area contributed by atoms with E-state index in [0.29, 0.717) is 0 Å². The first-order chi connectivity index (χ1) is 7.71. The van der Waals surface area contributed by atoms with Gasteiger partial charge in [-0.15, -0.1) is 0 Å². The van der Waals surface area contributed by atoms with E-state index in [1.54, 1.807) is 0 Å². The van der Waals surface area contributed by atoms with Gasteiger partial charge < -0.3 is 9.47 Å². The number of carbonyl (C=O) groups excluding carboxylic acids is 1. The highest BCUT2D eigenvalue weighted by atomic mass is 16.6. The van der Waals surface area contributed by atoms with E-state index < -0.39 is 11.0 Å². The minimum atomic E-state index is -0.443. The molecule has 1 aliphatic rings. The number of esters is 1. The van der Waals surface area contributed by atoms with Crippen LogP contribution < -0.4 is 0 Å². The highest BCUT2D eigenvalue weighted by molar-refractivity contribution is 5.75. The molecule has 0 saturated carbocycles. The SMILES string of the molecule is CC(C)(CN1CCOCC1)OC(=O)C(C)(C)C. The Kier molecular flexibility index (Phi) is 4.55. The molecule has 0 unspecified atom stereocenters. The molecule has 0 bridgehead atoms. The van der Waals surface area contributed by atoms with Crippen LogP contribution in [0.4, 0.5) is 0 Å². The summed E-state index contributed by atoms with van der Waals surface area (Å²) in [4.78, 5) is 14.1. The number of hydrogen-bond donors (Lipinski definition) is 0. The van der Waals surface area contributed by atoms with Crippen LogP contribution in [0.1, 0.15) is 34.6 Å². The molecule has 0 N–H and O–H groups in total. The van der Waals surface area contributed by atoms with Crippen molar-refractivity contribution in [3.8, 4) is 0 Å². The number of nitrogens with zero attached hydrogens (tertiary/aromatic N) is 1. The maximum Gasteiger partial charge on any atom is 0.311 e. The van der Waals surface area contributed by atoms with Crippen molar-refractivity contribution in [2.24, 2.45) is 5.41 Å². The number of morpholine rings is 1. The molecule has 1 fully saturated rings. The lowest BCUT2D eigenvalue weighted by Gasteiger charge is -2.35. The van der Waals surface area contributed by atoms with Gasteiger partial charge in [-0.05, 0) is 34.6 Å². The van der Waals surface area contributed by atoms with Crippen molar-refractivity contribution in [2.75, 3.05) is 32.8 Å². The summed E-state index contributed by atoms with van der Waals surface area (Å²) in [6.07, 6.45) is 0. The van der Waals surface area contributed by atoms with Gasteiger partial charge in [0, 0.05) is 19.6 Å². The average Bonchev–Trinajstić information content (AvgIpc) is 2.16. The Hall–Kier alpha value is -0.610. The molecule has 0 spiro atoms. The van der Waals surface area contributed by atoms with E-state index in [1.165, 1.54) is 0 Å². The number of carbonyl (C=O) groups is 1. The second kappa shape index (κ2) is 5.36. The zero-order valence-corrected chi connectivity index (χ0v) is 11.7. The van der Waals surface area contributed by atoms with Crippen LogP contribution in [0.3, 0.4) is 0 Å². The Labute approximate surface area is 104 Å². The fourth-order valence-corrected chi connectivity index (χ4v) is 1.73. The quantitative estimate of drug-likeness (QED) is 0.707. The minimum absolute atomic E-state index is 0.143. The molecule has 0 amide bonds. The summed E-state index contributed by atoms with van der Waals surface area (Å²) < 4.78 is 10.9. The maximum absolute atomic E-state index is 11.9. The van der Waals surface area contributed by atoms with Crippen LogP contribution in [0.15, 0.2) is 0 Å². The Morgan fingerprint density at radius 2 is 1.71 bits per heavy atom. The predicted molar refractivity (Wildman–Crippen MR) is 66.9 cm³/mol. The largest absolute Gasteiger partial charge is 0.458 e. The summed E-state index contributed by atoms with van der Waals surface area (Å²) in [5.41, 5.74) is -0.885. The smallest absolute Gasteiger partial charge is 0.311 e. The Balaban J connectivity index is 2.47. The lowest BCUT2D eigenvalue weighted by atomic mass is 9.96. The summed E-state index contributed by atoms with van der Waals surface area (Å²) in [6, 6.07) is 0. The zero-order valence-electron chi connectivity index (χ0n) is 11.7. The summed E-state index contributed by atoms with van der Waals surface area (Å²) >= 11 is 0. The van der Waals surface area contributed by atoms with Crippen LogP contribution in [0.25, 0.3) is 0 Å². The monoisotopic (exact) mass is 243 g/mol. The molecule has 0 radical (unpaired) electrons. The van der Waals surface area contributed by atoms with Crippen molar-refractivity contribution < 1.29 is 14.3 Å². The van der Waals surface area contributed by atoms with Crippen molar-refractivity contribution >= 4 is 5.97 Å².